The highest BCUT2D eigenvalue weighted by molar-refractivity contribution is 5.85. The number of rotatable bonds is 5. The average Bonchev–Trinajstić information content (AvgIpc) is 1.79. The van der Waals surface area contributed by atoms with Gasteiger partial charge in [-0.2, -0.15) is 0 Å². The van der Waals surface area contributed by atoms with Gasteiger partial charge in [-0.3, -0.25) is 0 Å². The Labute approximate surface area is 88.5 Å². The zero-order valence-corrected chi connectivity index (χ0v) is 9.80. The van der Waals surface area contributed by atoms with Crippen LogP contribution >= 0.6 is 24.8 Å². The smallest absolute Gasteiger partial charge is 0.00225 e. The summed E-state index contributed by atoms with van der Waals surface area (Å²) < 4.78 is 0. The van der Waals surface area contributed by atoms with E-state index in [0.717, 1.165) is 25.4 Å². The second-order valence-corrected chi connectivity index (χ2v) is 3.36. The van der Waals surface area contributed by atoms with E-state index in [-0.39, 0.29) is 24.8 Å². The lowest BCUT2D eigenvalue weighted by Crippen LogP contribution is -2.26. The summed E-state index contributed by atoms with van der Waals surface area (Å²) in [5.41, 5.74) is 5.57. The van der Waals surface area contributed by atoms with E-state index in [1.165, 1.54) is 0 Å². The summed E-state index contributed by atoms with van der Waals surface area (Å²) in [7, 11) is 0. The van der Waals surface area contributed by atoms with Gasteiger partial charge in [0.1, 0.15) is 0 Å². The lowest BCUT2D eigenvalue weighted by atomic mass is 10.2. The third-order valence-electron chi connectivity index (χ3n) is 1.33. The summed E-state index contributed by atoms with van der Waals surface area (Å²) in [4.78, 5) is 0. The summed E-state index contributed by atoms with van der Waals surface area (Å²) in [6, 6.07) is 0.333. The van der Waals surface area contributed by atoms with E-state index in [9.17, 15) is 0 Å². The summed E-state index contributed by atoms with van der Waals surface area (Å²) in [5, 5.41) is 3.34. The van der Waals surface area contributed by atoms with Gasteiger partial charge in [0.2, 0.25) is 0 Å². The van der Waals surface area contributed by atoms with Crippen LogP contribution in [0.3, 0.4) is 0 Å². The minimum absolute atomic E-state index is 0. The molecule has 0 spiro atoms. The summed E-state index contributed by atoms with van der Waals surface area (Å²) in [6.45, 7) is 8.61. The summed E-state index contributed by atoms with van der Waals surface area (Å²) in [6.07, 6.45) is 1.08. The van der Waals surface area contributed by atoms with Gasteiger partial charge in [0.15, 0.2) is 0 Å². The quantitative estimate of drug-likeness (QED) is 0.689. The van der Waals surface area contributed by atoms with Crippen LogP contribution in [-0.4, -0.2) is 19.1 Å². The highest BCUT2D eigenvalue weighted by Gasteiger charge is 1.94. The van der Waals surface area contributed by atoms with E-state index in [4.69, 9.17) is 5.73 Å². The fourth-order valence-electron chi connectivity index (χ4n) is 0.720. The molecule has 2 nitrogen and oxygen atoms in total. The SMILES string of the molecule is CC(C)CNCC[C@H](C)N.Cl.Cl. The Kier molecular flexibility index (Phi) is 17.6. The second-order valence-electron chi connectivity index (χ2n) is 3.36. The Bertz CT molecular complexity index is 67.5. The van der Waals surface area contributed by atoms with Crippen molar-refractivity contribution >= 4 is 24.8 Å². The summed E-state index contributed by atoms with van der Waals surface area (Å²) in [5.74, 6) is 0.744. The molecule has 4 heteroatoms. The van der Waals surface area contributed by atoms with Crippen LogP contribution in [0.4, 0.5) is 0 Å². The maximum absolute atomic E-state index is 5.57. The van der Waals surface area contributed by atoms with Gasteiger partial charge in [-0.25, -0.2) is 0 Å². The molecule has 0 fully saturated rings. The molecule has 0 rings (SSSR count). The normalized spacial score (nSPS) is 11.8. The monoisotopic (exact) mass is 216 g/mol. The van der Waals surface area contributed by atoms with Crippen LogP contribution < -0.4 is 11.1 Å². The van der Waals surface area contributed by atoms with Gasteiger partial charge in [-0.15, -0.1) is 24.8 Å². The van der Waals surface area contributed by atoms with Crippen molar-refractivity contribution in [3.05, 3.63) is 0 Å². The van der Waals surface area contributed by atoms with E-state index in [2.05, 4.69) is 19.2 Å². The molecule has 0 bridgehead atoms. The third-order valence-corrected chi connectivity index (χ3v) is 1.33. The maximum Gasteiger partial charge on any atom is 0.00225 e. The Hall–Kier alpha value is 0.500. The minimum Gasteiger partial charge on any atom is -0.328 e. The lowest BCUT2D eigenvalue weighted by Gasteiger charge is -2.08. The Morgan fingerprint density at radius 1 is 1.17 bits per heavy atom. The molecule has 0 aliphatic carbocycles. The van der Waals surface area contributed by atoms with Crippen molar-refractivity contribution in [2.24, 2.45) is 11.7 Å². The molecule has 0 amide bonds. The first kappa shape index (κ1) is 18.3. The van der Waals surface area contributed by atoms with Crippen LogP contribution in [0.1, 0.15) is 27.2 Å². The van der Waals surface area contributed by atoms with Gasteiger partial charge in [-0.1, -0.05) is 13.8 Å². The standard InChI is InChI=1S/C8H20N2.2ClH/c1-7(2)6-10-5-4-8(3)9;;/h7-8,10H,4-6,9H2,1-3H3;2*1H/t8-;;/m0../s1. The molecule has 0 aromatic rings. The number of nitrogens with one attached hydrogen (secondary N) is 1. The van der Waals surface area contributed by atoms with Crippen molar-refractivity contribution in [1.29, 1.82) is 0 Å². The zero-order chi connectivity index (χ0) is 7.98. The van der Waals surface area contributed by atoms with Crippen molar-refractivity contribution < 1.29 is 0 Å². The van der Waals surface area contributed by atoms with E-state index in [1.54, 1.807) is 0 Å². The fraction of sp³-hybridized carbons (Fsp3) is 1.00. The minimum atomic E-state index is 0. The first-order valence-electron chi connectivity index (χ1n) is 4.09. The van der Waals surface area contributed by atoms with Crippen molar-refractivity contribution in [2.75, 3.05) is 13.1 Å². The second kappa shape index (κ2) is 11.5. The molecule has 3 N–H and O–H groups in total. The van der Waals surface area contributed by atoms with E-state index < -0.39 is 0 Å². The molecule has 12 heavy (non-hydrogen) atoms. The molecule has 0 radical (unpaired) electrons. The van der Waals surface area contributed by atoms with Gasteiger partial charge >= 0.3 is 0 Å². The molecule has 0 aliphatic rings. The van der Waals surface area contributed by atoms with Crippen LogP contribution in [-0.2, 0) is 0 Å². The van der Waals surface area contributed by atoms with Crippen molar-refractivity contribution in [3.63, 3.8) is 0 Å². The first-order valence-corrected chi connectivity index (χ1v) is 4.09. The number of nitrogens with two attached hydrogens (primary N) is 1. The number of hydrogen-bond donors (Lipinski definition) is 2. The molecule has 0 aromatic carbocycles. The Morgan fingerprint density at radius 2 is 1.67 bits per heavy atom. The molecule has 78 valence electrons. The number of hydrogen-bond acceptors (Lipinski definition) is 2. The van der Waals surface area contributed by atoms with E-state index >= 15 is 0 Å². The Morgan fingerprint density at radius 3 is 2.00 bits per heavy atom. The molecule has 0 heterocycles. The highest BCUT2D eigenvalue weighted by atomic mass is 35.5. The van der Waals surface area contributed by atoms with Crippen molar-refractivity contribution in [2.45, 2.75) is 33.2 Å². The number of halogens is 2. The van der Waals surface area contributed by atoms with E-state index in [0.29, 0.717) is 6.04 Å². The predicted octanol–water partition coefficient (Wildman–Crippen LogP) is 1.81. The highest BCUT2D eigenvalue weighted by Crippen LogP contribution is 1.88. The molecule has 0 saturated carbocycles. The molecule has 0 saturated heterocycles. The molecule has 0 unspecified atom stereocenters. The lowest BCUT2D eigenvalue weighted by molar-refractivity contribution is 0.523. The summed E-state index contributed by atoms with van der Waals surface area (Å²) >= 11 is 0. The van der Waals surface area contributed by atoms with Gasteiger partial charge in [0, 0.05) is 6.04 Å². The largest absolute Gasteiger partial charge is 0.328 e. The van der Waals surface area contributed by atoms with Crippen molar-refractivity contribution in [1.82, 2.24) is 5.32 Å². The van der Waals surface area contributed by atoms with Gasteiger partial charge in [0.25, 0.3) is 0 Å². The predicted molar refractivity (Wildman–Crippen MR) is 60.5 cm³/mol. The molecule has 0 aliphatic heterocycles. The third kappa shape index (κ3) is 16.8. The van der Waals surface area contributed by atoms with Crippen LogP contribution in [0, 0.1) is 5.92 Å². The first-order chi connectivity index (χ1) is 4.63. The molecular formula is C8H22Cl2N2. The average molecular weight is 217 g/mol. The molecule has 0 aromatic heterocycles. The van der Waals surface area contributed by atoms with Crippen LogP contribution in [0.15, 0.2) is 0 Å². The van der Waals surface area contributed by atoms with Crippen LogP contribution in [0.25, 0.3) is 0 Å². The van der Waals surface area contributed by atoms with Crippen LogP contribution in [0.2, 0.25) is 0 Å². The van der Waals surface area contributed by atoms with Crippen molar-refractivity contribution in [3.8, 4) is 0 Å². The maximum atomic E-state index is 5.57. The van der Waals surface area contributed by atoms with Gasteiger partial charge in [-0.05, 0) is 32.4 Å². The molecular weight excluding hydrogens is 195 g/mol. The zero-order valence-electron chi connectivity index (χ0n) is 8.17. The Balaban J connectivity index is -0.000000405. The van der Waals surface area contributed by atoms with Gasteiger partial charge in [0.05, 0.1) is 0 Å². The molecule has 1 atom stereocenters. The fourth-order valence-corrected chi connectivity index (χ4v) is 0.720. The van der Waals surface area contributed by atoms with Crippen LogP contribution in [0.5, 0.6) is 0 Å². The topological polar surface area (TPSA) is 38.0 Å². The van der Waals surface area contributed by atoms with E-state index in [1.807, 2.05) is 6.92 Å². The van der Waals surface area contributed by atoms with Gasteiger partial charge < -0.3 is 11.1 Å².